The van der Waals surface area contributed by atoms with Crippen molar-refractivity contribution >= 4 is 22.8 Å². The average Bonchev–Trinajstić information content (AvgIpc) is 2.71. The molecule has 1 heterocycles. The van der Waals surface area contributed by atoms with Gasteiger partial charge in [-0.2, -0.15) is 0 Å². The maximum atomic E-state index is 12.3. The van der Waals surface area contributed by atoms with Gasteiger partial charge in [0, 0.05) is 19.1 Å². The van der Waals surface area contributed by atoms with Gasteiger partial charge in [0.2, 0.25) is 0 Å². The van der Waals surface area contributed by atoms with E-state index >= 15 is 0 Å². The molecular formula is C22H32N4O2. The first kappa shape index (κ1) is 20.4. The van der Waals surface area contributed by atoms with Gasteiger partial charge in [0.1, 0.15) is 0 Å². The van der Waals surface area contributed by atoms with Gasteiger partial charge < -0.3 is 15.0 Å². The molecule has 0 unspecified atom stereocenters. The summed E-state index contributed by atoms with van der Waals surface area (Å²) in [6.07, 6.45) is 6.07. The molecule has 6 nitrogen and oxygen atoms in total. The van der Waals surface area contributed by atoms with Crippen molar-refractivity contribution in [2.45, 2.75) is 65.0 Å². The number of nitrogens with zero attached hydrogens (tertiary/aromatic N) is 3. The number of carbonyl (C=O) groups is 1. The number of hydrogen-bond donors (Lipinski definition) is 1. The van der Waals surface area contributed by atoms with Crippen LogP contribution in [0.2, 0.25) is 0 Å². The molecule has 3 rings (SSSR count). The number of hydrogen-bond acceptors (Lipinski definition) is 5. The van der Waals surface area contributed by atoms with Crippen LogP contribution >= 0.6 is 0 Å². The third-order valence-electron chi connectivity index (χ3n) is 5.71. The highest BCUT2D eigenvalue weighted by Crippen LogP contribution is 2.31. The van der Waals surface area contributed by atoms with Gasteiger partial charge in [-0.25, -0.2) is 9.97 Å². The summed E-state index contributed by atoms with van der Waals surface area (Å²) in [5.74, 6) is 1.38. The van der Waals surface area contributed by atoms with E-state index in [1.807, 2.05) is 31.2 Å². The summed E-state index contributed by atoms with van der Waals surface area (Å²) in [4.78, 5) is 24.0. The average molecular weight is 385 g/mol. The molecule has 2 aromatic rings. The van der Waals surface area contributed by atoms with E-state index in [4.69, 9.17) is 9.72 Å². The molecular weight excluding hydrogens is 352 g/mol. The van der Waals surface area contributed by atoms with E-state index in [0.29, 0.717) is 17.8 Å². The number of ether oxygens (including phenoxy) is 1. The molecule has 1 aliphatic carbocycles. The van der Waals surface area contributed by atoms with Gasteiger partial charge in [-0.3, -0.25) is 4.79 Å². The molecule has 1 atom stereocenters. The highest BCUT2D eigenvalue weighted by Gasteiger charge is 2.24. The quantitative estimate of drug-likeness (QED) is 0.783. The highest BCUT2D eigenvalue weighted by atomic mass is 16.5. The number of fused-ring (bicyclic) bond motifs is 1. The Bertz CT molecular complexity index is 802. The largest absolute Gasteiger partial charge is 0.465 e. The molecule has 0 bridgehead atoms. The van der Waals surface area contributed by atoms with Crippen LogP contribution in [0, 0.1) is 5.92 Å². The second kappa shape index (κ2) is 9.22. The van der Waals surface area contributed by atoms with E-state index in [0.717, 1.165) is 29.7 Å². The lowest BCUT2D eigenvalue weighted by atomic mass is 9.94. The summed E-state index contributed by atoms with van der Waals surface area (Å²) < 4.78 is 5.87. The number of carbonyl (C=O) groups excluding carboxylic acids is 1. The van der Waals surface area contributed by atoms with E-state index in [9.17, 15) is 4.79 Å². The molecule has 1 N–H and O–H groups in total. The topological polar surface area (TPSA) is 67.3 Å². The molecule has 0 aliphatic heterocycles. The number of aromatic nitrogens is 2. The molecule has 1 amide bonds. The minimum atomic E-state index is -0.137. The number of nitrogens with one attached hydrogen (secondary N) is 1. The maximum Gasteiger partial charge on any atom is 0.258 e. The molecule has 152 valence electrons. The van der Waals surface area contributed by atoms with Crippen LogP contribution in [-0.4, -0.2) is 41.6 Å². The van der Waals surface area contributed by atoms with Gasteiger partial charge in [-0.1, -0.05) is 45.2 Å². The predicted molar refractivity (Wildman–Crippen MR) is 113 cm³/mol. The zero-order valence-corrected chi connectivity index (χ0v) is 17.4. The Hall–Kier alpha value is -2.37. The van der Waals surface area contributed by atoms with Crippen molar-refractivity contribution in [3.05, 3.63) is 24.3 Å². The third kappa shape index (κ3) is 4.91. The van der Waals surface area contributed by atoms with E-state index in [1.54, 1.807) is 0 Å². The zero-order valence-electron chi connectivity index (χ0n) is 17.4. The Kier molecular flexibility index (Phi) is 6.70. The monoisotopic (exact) mass is 384 g/mol. The third-order valence-corrected chi connectivity index (χ3v) is 5.71. The first-order chi connectivity index (χ1) is 13.5. The summed E-state index contributed by atoms with van der Waals surface area (Å²) in [7, 11) is 2.06. The minimum absolute atomic E-state index is 0.0599. The Balaban J connectivity index is 1.81. The van der Waals surface area contributed by atoms with Crippen LogP contribution in [-0.2, 0) is 4.79 Å². The van der Waals surface area contributed by atoms with Crippen LogP contribution in [0.25, 0.3) is 11.0 Å². The summed E-state index contributed by atoms with van der Waals surface area (Å²) in [6.45, 7) is 6.10. The van der Waals surface area contributed by atoms with E-state index in [2.05, 4.69) is 36.1 Å². The number of para-hydroxylation sites is 2. The SMILES string of the molecule is CC(C)[C@H](C)NC(=O)COc1nc2ccccc2nc1N(C)C1CCCCC1. The minimum Gasteiger partial charge on any atom is -0.465 e. The number of benzene rings is 1. The Morgan fingerprint density at radius 2 is 1.79 bits per heavy atom. The molecule has 0 radical (unpaired) electrons. The fourth-order valence-corrected chi connectivity index (χ4v) is 3.54. The standard InChI is InChI=1S/C22H32N4O2/c1-15(2)16(3)23-20(27)14-28-22-21(26(4)17-10-6-5-7-11-17)24-18-12-8-9-13-19(18)25-22/h8-9,12-13,15-17H,5-7,10-11,14H2,1-4H3,(H,23,27)/t16-/m0/s1. The molecule has 1 fully saturated rings. The van der Waals surface area contributed by atoms with Crippen LogP contribution < -0.4 is 15.0 Å². The fourth-order valence-electron chi connectivity index (χ4n) is 3.54. The summed E-state index contributed by atoms with van der Waals surface area (Å²) in [5.41, 5.74) is 1.61. The van der Waals surface area contributed by atoms with Crippen LogP contribution in [0.5, 0.6) is 5.88 Å². The van der Waals surface area contributed by atoms with Crippen molar-refractivity contribution in [2.24, 2.45) is 5.92 Å². The molecule has 1 saturated carbocycles. The van der Waals surface area contributed by atoms with Crippen LogP contribution in [0.4, 0.5) is 5.82 Å². The van der Waals surface area contributed by atoms with Crippen LogP contribution in [0.3, 0.4) is 0 Å². The van der Waals surface area contributed by atoms with Crippen molar-refractivity contribution in [1.29, 1.82) is 0 Å². The summed E-state index contributed by atoms with van der Waals surface area (Å²) in [6, 6.07) is 8.30. The molecule has 0 spiro atoms. The lowest BCUT2D eigenvalue weighted by Gasteiger charge is -2.32. The predicted octanol–water partition coefficient (Wildman–Crippen LogP) is 3.94. The summed E-state index contributed by atoms with van der Waals surface area (Å²) >= 11 is 0. The van der Waals surface area contributed by atoms with Gasteiger partial charge >= 0.3 is 0 Å². The van der Waals surface area contributed by atoms with E-state index < -0.39 is 0 Å². The van der Waals surface area contributed by atoms with E-state index in [-0.39, 0.29) is 18.6 Å². The normalized spacial score (nSPS) is 16.2. The molecule has 6 heteroatoms. The van der Waals surface area contributed by atoms with Gasteiger partial charge in [0.15, 0.2) is 12.4 Å². The van der Waals surface area contributed by atoms with Crippen molar-refractivity contribution < 1.29 is 9.53 Å². The van der Waals surface area contributed by atoms with Gasteiger partial charge in [-0.05, 0) is 37.8 Å². The van der Waals surface area contributed by atoms with Gasteiger partial charge in [0.05, 0.1) is 11.0 Å². The second-order valence-corrected chi connectivity index (χ2v) is 8.13. The second-order valence-electron chi connectivity index (χ2n) is 8.13. The number of amides is 1. The van der Waals surface area contributed by atoms with Gasteiger partial charge in [-0.15, -0.1) is 0 Å². The van der Waals surface area contributed by atoms with Crippen molar-refractivity contribution in [3.8, 4) is 5.88 Å². The Labute approximate surface area is 167 Å². The van der Waals surface area contributed by atoms with Gasteiger partial charge in [0.25, 0.3) is 11.8 Å². The van der Waals surface area contributed by atoms with Crippen molar-refractivity contribution in [1.82, 2.24) is 15.3 Å². The van der Waals surface area contributed by atoms with Crippen molar-refractivity contribution in [3.63, 3.8) is 0 Å². The summed E-state index contributed by atoms with van der Waals surface area (Å²) in [5, 5.41) is 2.97. The first-order valence-electron chi connectivity index (χ1n) is 10.4. The highest BCUT2D eigenvalue weighted by molar-refractivity contribution is 5.79. The lowest BCUT2D eigenvalue weighted by Crippen LogP contribution is -2.39. The smallest absolute Gasteiger partial charge is 0.258 e. The number of rotatable bonds is 7. The maximum absolute atomic E-state index is 12.3. The molecule has 28 heavy (non-hydrogen) atoms. The van der Waals surface area contributed by atoms with Crippen LogP contribution in [0.15, 0.2) is 24.3 Å². The first-order valence-corrected chi connectivity index (χ1v) is 10.4. The Morgan fingerprint density at radius 1 is 1.14 bits per heavy atom. The fraction of sp³-hybridized carbons (Fsp3) is 0.591. The van der Waals surface area contributed by atoms with Crippen LogP contribution in [0.1, 0.15) is 52.9 Å². The molecule has 0 saturated heterocycles. The Morgan fingerprint density at radius 3 is 2.43 bits per heavy atom. The lowest BCUT2D eigenvalue weighted by molar-refractivity contribution is -0.124. The number of anilines is 1. The van der Waals surface area contributed by atoms with Crippen molar-refractivity contribution in [2.75, 3.05) is 18.6 Å². The molecule has 1 aromatic carbocycles. The molecule has 1 aliphatic rings. The zero-order chi connectivity index (χ0) is 20.1. The van der Waals surface area contributed by atoms with E-state index in [1.165, 1.54) is 19.3 Å². The molecule has 1 aromatic heterocycles.